The molecule has 1 aliphatic rings. The smallest absolute Gasteiger partial charge is 0.0689 e. The molecule has 0 radical (unpaired) electrons. The molecule has 0 saturated heterocycles. The van der Waals surface area contributed by atoms with Crippen molar-refractivity contribution in [3.8, 4) is 6.07 Å². The van der Waals surface area contributed by atoms with Crippen LogP contribution in [0.25, 0.3) is 0 Å². The molecule has 3 nitrogen and oxygen atoms in total. The molecular formula is C15H23N3. The summed E-state index contributed by atoms with van der Waals surface area (Å²) in [5.74, 6) is 0. The topological polar surface area (TPSA) is 41.6 Å². The Morgan fingerprint density at radius 2 is 1.94 bits per heavy atom. The van der Waals surface area contributed by atoms with Crippen LogP contribution in [-0.4, -0.2) is 9.78 Å². The zero-order chi connectivity index (χ0) is 12.8. The van der Waals surface area contributed by atoms with Gasteiger partial charge in [0, 0.05) is 18.9 Å². The highest BCUT2D eigenvalue weighted by molar-refractivity contribution is 5.05. The Morgan fingerprint density at radius 3 is 2.50 bits per heavy atom. The summed E-state index contributed by atoms with van der Waals surface area (Å²) in [4.78, 5) is 0. The average Bonchev–Trinajstić information content (AvgIpc) is 2.75. The molecule has 0 atom stereocenters. The van der Waals surface area contributed by atoms with Crippen LogP contribution in [0.2, 0.25) is 0 Å². The second-order valence-corrected chi connectivity index (χ2v) is 5.61. The molecule has 1 heterocycles. The Morgan fingerprint density at radius 1 is 1.28 bits per heavy atom. The first kappa shape index (κ1) is 13.1. The van der Waals surface area contributed by atoms with Crippen molar-refractivity contribution in [2.24, 2.45) is 12.5 Å². The van der Waals surface area contributed by atoms with Crippen LogP contribution in [0.1, 0.15) is 57.1 Å². The number of hydrogen-bond donors (Lipinski definition) is 0. The molecule has 1 aromatic heterocycles. The van der Waals surface area contributed by atoms with Gasteiger partial charge in [-0.25, -0.2) is 0 Å². The molecule has 0 aromatic carbocycles. The minimum Gasteiger partial charge on any atom is -0.273 e. The molecule has 1 aromatic rings. The maximum atomic E-state index is 9.58. The molecule has 98 valence electrons. The van der Waals surface area contributed by atoms with E-state index in [9.17, 15) is 5.26 Å². The van der Waals surface area contributed by atoms with Gasteiger partial charge >= 0.3 is 0 Å². The second kappa shape index (κ2) is 6.04. The van der Waals surface area contributed by atoms with Crippen LogP contribution in [-0.2, 0) is 13.5 Å². The van der Waals surface area contributed by atoms with Gasteiger partial charge in [-0.3, -0.25) is 4.68 Å². The van der Waals surface area contributed by atoms with Crippen molar-refractivity contribution >= 4 is 0 Å². The zero-order valence-corrected chi connectivity index (χ0v) is 11.4. The van der Waals surface area contributed by atoms with Gasteiger partial charge in [0.2, 0.25) is 0 Å². The standard InChI is InChI=1S/C15H23N3/c1-18-14(8-12-17-18)7-11-15(13-16)9-5-3-2-4-6-10-15/h8,12H,2-7,9-11H2,1H3. The minimum absolute atomic E-state index is 0.0787. The van der Waals surface area contributed by atoms with Crippen molar-refractivity contribution in [2.45, 2.75) is 57.8 Å². The third-order valence-electron chi connectivity index (χ3n) is 4.33. The predicted molar refractivity (Wildman–Crippen MR) is 71.9 cm³/mol. The van der Waals surface area contributed by atoms with Crippen LogP contribution < -0.4 is 0 Å². The number of rotatable bonds is 3. The van der Waals surface area contributed by atoms with Crippen molar-refractivity contribution in [1.82, 2.24) is 9.78 Å². The summed E-state index contributed by atoms with van der Waals surface area (Å²) >= 11 is 0. The first-order chi connectivity index (χ1) is 8.76. The van der Waals surface area contributed by atoms with E-state index in [2.05, 4.69) is 17.2 Å². The SMILES string of the molecule is Cn1nccc1CCC1(C#N)CCCCCCC1. The fourth-order valence-corrected chi connectivity index (χ4v) is 3.01. The lowest BCUT2D eigenvalue weighted by molar-refractivity contribution is 0.268. The van der Waals surface area contributed by atoms with Crippen molar-refractivity contribution in [3.05, 3.63) is 18.0 Å². The molecule has 1 aliphatic carbocycles. The van der Waals surface area contributed by atoms with E-state index in [1.54, 1.807) is 0 Å². The summed E-state index contributed by atoms with van der Waals surface area (Å²) in [5.41, 5.74) is 1.16. The van der Waals surface area contributed by atoms with E-state index in [0.717, 1.165) is 25.7 Å². The Bertz CT molecular complexity index is 406. The molecule has 0 N–H and O–H groups in total. The molecule has 1 saturated carbocycles. The molecule has 0 unspecified atom stereocenters. The number of nitriles is 1. The lowest BCUT2D eigenvalue weighted by Gasteiger charge is -2.28. The summed E-state index contributed by atoms with van der Waals surface area (Å²) in [6, 6.07) is 4.70. The van der Waals surface area contributed by atoms with Gasteiger partial charge in [-0.2, -0.15) is 10.4 Å². The van der Waals surface area contributed by atoms with Gasteiger partial charge in [0.15, 0.2) is 0 Å². The summed E-state index contributed by atoms with van der Waals surface area (Å²) in [6.45, 7) is 0. The van der Waals surface area contributed by atoms with Gasteiger partial charge in [-0.05, 0) is 31.7 Å². The third-order valence-corrected chi connectivity index (χ3v) is 4.33. The third kappa shape index (κ3) is 3.13. The van der Waals surface area contributed by atoms with E-state index >= 15 is 0 Å². The summed E-state index contributed by atoms with van der Waals surface area (Å²) in [7, 11) is 1.98. The summed E-state index contributed by atoms with van der Waals surface area (Å²) < 4.78 is 1.92. The van der Waals surface area contributed by atoms with Crippen LogP contribution in [0.3, 0.4) is 0 Å². The highest BCUT2D eigenvalue weighted by Gasteiger charge is 2.30. The highest BCUT2D eigenvalue weighted by Crippen LogP contribution is 2.37. The Balaban J connectivity index is 1.98. The molecule has 0 bridgehead atoms. The lowest BCUT2D eigenvalue weighted by Crippen LogP contribution is -2.21. The van der Waals surface area contributed by atoms with Crippen molar-refractivity contribution < 1.29 is 0 Å². The van der Waals surface area contributed by atoms with Crippen molar-refractivity contribution in [2.75, 3.05) is 0 Å². The number of aromatic nitrogens is 2. The van der Waals surface area contributed by atoms with Gasteiger partial charge in [0.1, 0.15) is 0 Å². The number of aryl methyl sites for hydroxylation is 2. The Labute approximate surface area is 110 Å². The van der Waals surface area contributed by atoms with Crippen molar-refractivity contribution in [3.63, 3.8) is 0 Å². The molecule has 0 aliphatic heterocycles. The number of nitrogens with zero attached hydrogens (tertiary/aromatic N) is 3. The predicted octanol–water partition coefficient (Wildman–Crippen LogP) is 3.61. The molecular weight excluding hydrogens is 222 g/mol. The molecule has 2 rings (SSSR count). The van der Waals surface area contributed by atoms with Gasteiger partial charge in [0.05, 0.1) is 11.5 Å². The molecule has 1 fully saturated rings. The van der Waals surface area contributed by atoms with E-state index in [4.69, 9.17) is 0 Å². The van der Waals surface area contributed by atoms with E-state index in [0.29, 0.717) is 0 Å². The normalized spacial score (nSPS) is 19.8. The van der Waals surface area contributed by atoms with Crippen molar-refractivity contribution in [1.29, 1.82) is 5.26 Å². The Hall–Kier alpha value is -1.30. The van der Waals surface area contributed by atoms with Crippen LogP contribution in [0.4, 0.5) is 0 Å². The van der Waals surface area contributed by atoms with Crippen LogP contribution in [0.5, 0.6) is 0 Å². The fraction of sp³-hybridized carbons (Fsp3) is 0.733. The van der Waals surface area contributed by atoms with Gasteiger partial charge in [-0.15, -0.1) is 0 Å². The van der Waals surface area contributed by atoms with Crippen LogP contribution in [0.15, 0.2) is 12.3 Å². The monoisotopic (exact) mass is 245 g/mol. The number of hydrogen-bond acceptors (Lipinski definition) is 2. The molecule has 3 heteroatoms. The lowest BCUT2D eigenvalue weighted by atomic mass is 9.74. The summed E-state index contributed by atoms with van der Waals surface area (Å²) in [5, 5.41) is 13.8. The quantitative estimate of drug-likeness (QED) is 0.816. The van der Waals surface area contributed by atoms with Gasteiger partial charge < -0.3 is 0 Å². The van der Waals surface area contributed by atoms with E-state index in [1.165, 1.54) is 37.8 Å². The van der Waals surface area contributed by atoms with E-state index in [-0.39, 0.29) is 5.41 Å². The van der Waals surface area contributed by atoms with Crippen LogP contribution in [0, 0.1) is 16.7 Å². The zero-order valence-electron chi connectivity index (χ0n) is 11.4. The first-order valence-corrected chi connectivity index (χ1v) is 7.14. The van der Waals surface area contributed by atoms with E-state index < -0.39 is 0 Å². The molecule has 0 amide bonds. The minimum atomic E-state index is -0.0787. The Kier molecular flexibility index (Phi) is 4.41. The van der Waals surface area contributed by atoms with Gasteiger partial charge in [0.25, 0.3) is 0 Å². The highest BCUT2D eigenvalue weighted by atomic mass is 15.2. The molecule has 0 spiro atoms. The summed E-state index contributed by atoms with van der Waals surface area (Å²) in [6.07, 6.45) is 12.4. The molecule has 18 heavy (non-hydrogen) atoms. The second-order valence-electron chi connectivity index (χ2n) is 5.61. The van der Waals surface area contributed by atoms with Gasteiger partial charge in [-0.1, -0.05) is 32.1 Å². The largest absolute Gasteiger partial charge is 0.273 e. The van der Waals surface area contributed by atoms with E-state index in [1.807, 2.05) is 17.9 Å². The maximum absolute atomic E-state index is 9.58. The first-order valence-electron chi connectivity index (χ1n) is 7.14. The maximum Gasteiger partial charge on any atom is 0.0689 e. The average molecular weight is 245 g/mol. The van der Waals surface area contributed by atoms with Crippen LogP contribution >= 0.6 is 0 Å². The fourth-order valence-electron chi connectivity index (χ4n) is 3.01.